The van der Waals surface area contributed by atoms with E-state index in [0.29, 0.717) is 31.7 Å². The molecule has 1 N–H and O–H groups in total. The lowest BCUT2D eigenvalue weighted by atomic mass is 10.0. The number of hydrogen-bond acceptors (Lipinski definition) is 4. The van der Waals surface area contributed by atoms with E-state index >= 15 is 0 Å². The Bertz CT molecular complexity index is 1310. The topological polar surface area (TPSA) is 79.7 Å². The molecule has 0 saturated heterocycles. The van der Waals surface area contributed by atoms with Crippen molar-refractivity contribution in [1.82, 2.24) is 9.88 Å². The van der Waals surface area contributed by atoms with Crippen LogP contribution in [0.3, 0.4) is 0 Å². The van der Waals surface area contributed by atoms with Crippen LogP contribution >= 0.6 is 0 Å². The summed E-state index contributed by atoms with van der Waals surface area (Å²) in [4.78, 5) is 30.4. The Morgan fingerprint density at radius 2 is 1.53 bits per heavy atom. The third-order valence-corrected chi connectivity index (χ3v) is 6.26. The number of rotatable bonds is 13. The van der Waals surface area contributed by atoms with Crippen molar-refractivity contribution in [3.05, 3.63) is 120 Å². The van der Waals surface area contributed by atoms with Crippen molar-refractivity contribution >= 4 is 11.9 Å². The first-order chi connectivity index (χ1) is 18.6. The van der Waals surface area contributed by atoms with Gasteiger partial charge >= 0.3 is 5.97 Å². The number of carbonyl (C=O) groups excluding carboxylic acids is 1. The number of hydrogen-bond donors (Lipinski definition) is 1. The van der Waals surface area contributed by atoms with Crippen LogP contribution in [0.15, 0.2) is 103 Å². The average molecular weight is 509 g/mol. The Morgan fingerprint density at radius 3 is 2.26 bits per heavy atom. The highest BCUT2D eigenvalue weighted by atomic mass is 16.5. The number of aromatic nitrogens is 1. The number of amides is 1. The number of pyridine rings is 1. The van der Waals surface area contributed by atoms with Crippen molar-refractivity contribution in [2.45, 2.75) is 38.8 Å². The lowest BCUT2D eigenvalue weighted by Gasteiger charge is -2.24. The standard InChI is InChI=1S/C32H32N2O4/c35-31(36)15-5-2-8-21-38-30-14-7-6-12-29(30)24-34(23-25-10-3-1-4-11-25)32(37)27-18-16-26(17-19-27)28-13-9-20-33-22-28/h1,3-4,6-7,9-14,16-20,22H,2,5,8,15,21,23-24H2,(H,35,36). The molecule has 0 spiro atoms. The number of carbonyl (C=O) groups is 2. The molecule has 0 aliphatic heterocycles. The second-order valence-electron chi connectivity index (χ2n) is 9.13. The number of benzene rings is 3. The quantitative estimate of drug-likeness (QED) is 0.205. The van der Waals surface area contributed by atoms with E-state index in [-0.39, 0.29) is 12.3 Å². The fourth-order valence-electron chi connectivity index (χ4n) is 4.24. The van der Waals surface area contributed by atoms with Crippen molar-refractivity contribution in [3.8, 4) is 16.9 Å². The van der Waals surface area contributed by atoms with E-state index < -0.39 is 5.97 Å². The molecule has 38 heavy (non-hydrogen) atoms. The molecule has 1 heterocycles. The molecule has 0 radical (unpaired) electrons. The lowest BCUT2D eigenvalue weighted by Crippen LogP contribution is -2.30. The lowest BCUT2D eigenvalue weighted by molar-refractivity contribution is -0.137. The maximum absolute atomic E-state index is 13.7. The van der Waals surface area contributed by atoms with E-state index in [1.807, 2.05) is 102 Å². The zero-order valence-electron chi connectivity index (χ0n) is 21.3. The van der Waals surface area contributed by atoms with E-state index in [0.717, 1.165) is 40.8 Å². The molecule has 0 fully saturated rings. The molecule has 1 amide bonds. The smallest absolute Gasteiger partial charge is 0.303 e. The molecule has 0 aliphatic carbocycles. The number of carboxylic acids is 1. The summed E-state index contributed by atoms with van der Waals surface area (Å²) in [7, 11) is 0. The van der Waals surface area contributed by atoms with Gasteiger partial charge in [0.25, 0.3) is 5.91 Å². The first-order valence-corrected chi connectivity index (χ1v) is 12.9. The van der Waals surface area contributed by atoms with E-state index in [9.17, 15) is 9.59 Å². The number of para-hydroxylation sites is 1. The summed E-state index contributed by atoms with van der Waals surface area (Å²) < 4.78 is 6.05. The third kappa shape index (κ3) is 7.77. The Hall–Kier alpha value is -4.45. The normalized spacial score (nSPS) is 10.6. The summed E-state index contributed by atoms with van der Waals surface area (Å²) in [6.07, 6.45) is 5.93. The predicted molar refractivity (Wildman–Crippen MR) is 148 cm³/mol. The highest BCUT2D eigenvalue weighted by molar-refractivity contribution is 5.94. The van der Waals surface area contributed by atoms with Gasteiger partial charge in [-0.3, -0.25) is 14.6 Å². The summed E-state index contributed by atoms with van der Waals surface area (Å²) in [5.74, 6) is -0.0928. The van der Waals surface area contributed by atoms with Gasteiger partial charge in [-0.2, -0.15) is 0 Å². The second-order valence-corrected chi connectivity index (χ2v) is 9.13. The number of ether oxygens (including phenoxy) is 1. The molecular formula is C32H32N2O4. The fourth-order valence-corrected chi connectivity index (χ4v) is 4.24. The molecule has 6 heteroatoms. The highest BCUT2D eigenvalue weighted by Gasteiger charge is 2.19. The van der Waals surface area contributed by atoms with Crippen LogP contribution in [-0.4, -0.2) is 33.5 Å². The van der Waals surface area contributed by atoms with Crippen LogP contribution < -0.4 is 4.74 Å². The number of carboxylic acid groups (broad SMARTS) is 1. The molecular weight excluding hydrogens is 476 g/mol. The molecule has 0 saturated carbocycles. The van der Waals surface area contributed by atoms with E-state index in [4.69, 9.17) is 9.84 Å². The van der Waals surface area contributed by atoms with Gasteiger partial charge in [0, 0.05) is 43.0 Å². The Morgan fingerprint density at radius 1 is 0.763 bits per heavy atom. The molecule has 0 atom stereocenters. The molecule has 1 aromatic heterocycles. The van der Waals surface area contributed by atoms with Crippen LogP contribution in [0.25, 0.3) is 11.1 Å². The van der Waals surface area contributed by atoms with Gasteiger partial charge in [-0.1, -0.05) is 66.7 Å². The van der Waals surface area contributed by atoms with Gasteiger partial charge in [0.2, 0.25) is 0 Å². The van der Waals surface area contributed by atoms with Crippen LogP contribution in [-0.2, 0) is 17.9 Å². The van der Waals surface area contributed by atoms with E-state index in [2.05, 4.69) is 4.98 Å². The Labute approximate surface area is 223 Å². The SMILES string of the molecule is O=C(O)CCCCCOc1ccccc1CN(Cc1ccccc1)C(=O)c1ccc(-c2cccnc2)cc1. The summed E-state index contributed by atoms with van der Waals surface area (Å²) in [6.45, 7) is 1.36. The predicted octanol–water partition coefficient (Wildman–Crippen LogP) is 6.62. The minimum Gasteiger partial charge on any atom is -0.493 e. The van der Waals surface area contributed by atoms with Gasteiger partial charge in [-0.15, -0.1) is 0 Å². The zero-order valence-corrected chi connectivity index (χ0v) is 21.3. The zero-order chi connectivity index (χ0) is 26.6. The second kappa shape index (κ2) is 13.7. The summed E-state index contributed by atoms with van der Waals surface area (Å²) >= 11 is 0. The molecule has 0 bridgehead atoms. The van der Waals surface area contributed by atoms with Crippen LogP contribution in [0, 0.1) is 0 Å². The van der Waals surface area contributed by atoms with Crippen molar-refractivity contribution < 1.29 is 19.4 Å². The molecule has 0 aliphatic rings. The number of unbranched alkanes of at least 4 members (excludes halogenated alkanes) is 2. The molecule has 4 aromatic rings. The van der Waals surface area contributed by atoms with E-state index in [1.54, 1.807) is 6.20 Å². The summed E-state index contributed by atoms with van der Waals surface area (Å²) in [5.41, 5.74) is 4.59. The third-order valence-electron chi connectivity index (χ3n) is 6.26. The van der Waals surface area contributed by atoms with Gasteiger partial charge in [0.15, 0.2) is 0 Å². The van der Waals surface area contributed by atoms with Crippen LogP contribution in [0.4, 0.5) is 0 Å². The molecule has 4 rings (SSSR count). The van der Waals surface area contributed by atoms with Crippen LogP contribution in [0.1, 0.15) is 47.2 Å². The summed E-state index contributed by atoms with van der Waals surface area (Å²) in [5, 5.41) is 8.80. The highest BCUT2D eigenvalue weighted by Crippen LogP contribution is 2.24. The van der Waals surface area contributed by atoms with Crippen molar-refractivity contribution in [3.63, 3.8) is 0 Å². The first kappa shape index (κ1) is 26.6. The van der Waals surface area contributed by atoms with Crippen LogP contribution in [0.5, 0.6) is 5.75 Å². The maximum Gasteiger partial charge on any atom is 0.303 e. The first-order valence-electron chi connectivity index (χ1n) is 12.9. The average Bonchev–Trinajstić information content (AvgIpc) is 2.96. The monoisotopic (exact) mass is 508 g/mol. The molecule has 3 aromatic carbocycles. The fraction of sp³-hybridized carbons (Fsp3) is 0.219. The van der Waals surface area contributed by atoms with Crippen molar-refractivity contribution in [2.24, 2.45) is 0 Å². The van der Waals surface area contributed by atoms with Crippen LogP contribution in [0.2, 0.25) is 0 Å². The Balaban J connectivity index is 1.49. The Kier molecular flexibility index (Phi) is 9.63. The van der Waals surface area contributed by atoms with Gasteiger partial charge < -0.3 is 14.7 Å². The number of aliphatic carboxylic acids is 1. The van der Waals surface area contributed by atoms with E-state index in [1.165, 1.54) is 0 Å². The van der Waals surface area contributed by atoms with Gasteiger partial charge in [0.05, 0.1) is 6.61 Å². The summed E-state index contributed by atoms with van der Waals surface area (Å²) in [6, 6.07) is 29.2. The van der Waals surface area contributed by atoms with Crippen molar-refractivity contribution in [1.29, 1.82) is 0 Å². The van der Waals surface area contributed by atoms with Gasteiger partial charge in [-0.05, 0) is 60.2 Å². The van der Waals surface area contributed by atoms with Gasteiger partial charge in [-0.25, -0.2) is 0 Å². The molecule has 194 valence electrons. The van der Waals surface area contributed by atoms with Crippen molar-refractivity contribution in [2.75, 3.05) is 6.61 Å². The number of nitrogens with zero attached hydrogens (tertiary/aromatic N) is 2. The van der Waals surface area contributed by atoms with Gasteiger partial charge in [0.1, 0.15) is 5.75 Å². The minimum atomic E-state index is -0.772. The molecule has 6 nitrogen and oxygen atoms in total. The maximum atomic E-state index is 13.7. The molecule has 0 unspecified atom stereocenters. The minimum absolute atomic E-state index is 0.0601. The largest absolute Gasteiger partial charge is 0.493 e.